The summed E-state index contributed by atoms with van der Waals surface area (Å²) in [4.78, 5) is 19.6. The van der Waals surface area contributed by atoms with Crippen molar-refractivity contribution >= 4 is 11.9 Å². The van der Waals surface area contributed by atoms with Crippen LogP contribution in [0.1, 0.15) is 79.1 Å². The predicted molar refractivity (Wildman–Crippen MR) is 90.2 cm³/mol. The molecule has 0 aromatic carbocycles. The van der Waals surface area contributed by atoms with Crippen molar-refractivity contribution in [3.8, 4) is 0 Å². The van der Waals surface area contributed by atoms with Gasteiger partial charge in [0.2, 0.25) is 0 Å². The first-order valence-corrected chi connectivity index (χ1v) is 9.12. The van der Waals surface area contributed by atoms with Gasteiger partial charge in [0, 0.05) is 18.4 Å². The van der Waals surface area contributed by atoms with Crippen LogP contribution in [0.15, 0.2) is 0 Å². The van der Waals surface area contributed by atoms with E-state index in [2.05, 4.69) is 20.8 Å². The van der Waals surface area contributed by atoms with E-state index in [-0.39, 0.29) is 39.0 Å². The van der Waals surface area contributed by atoms with E-state index in [0.29, 0.717) is 19.8 Å². The van der Waals surface area contributed by atoms with Gasteiger partial charge in [0.05, 0.1) is 19.8 Å². The number of carboxylic acid groups (broad SMARTS) is 2. The first-order valence-electron chi connectivity index (χ1n) is 9.12. The Bertz CT molecular complexity index is 307. The molecule has 0 radical (unpaired) electrons. The topological polar surface area (TPSA) is 108 Å². The van der Waals surface area contributed by atoms with Crippen LogP contribution in [-0.2, 0) is 50.0 Å². The van der Waals surface area contributed by atoms with Crippen LogP contribution in [0.3, 0.4) is 0 Å². The number of carboxylic acids is 2. The Balaban J connectivity index is -0.000000951. The normalized spacial score (nSPS) is 10.5. The maximum Gasteiger partial charge on any atom is 2.00 e. The Labute approximate surface area is 176 Å². The second-order valence-corrected chi connectivity index (χ2v) is 5.65. The van der Waals surface area contributed by atoms with Crippen LogP contribution in [0.4, 0.5) is 0 Å². The van der Waals surface area contributed by atoms with E-state index in [9.17, 15) is 9.90 Å². The van der Waals surface area contributed by atoms with Gasteiger partial charge in [-0.25, -0.2) is 0 Å². The Morgan fingerprint density at radius 2 is 1.12 bits per heavy atom. The second kappa shape index (κ2) is 21.0. The SMILES string of the molecule is CC(=O)[O-].CCCCOC(CCC(=O)[O-])(OCCCC)OCCCC.[Zr+2]. The summed E-state index contributed by atoms with van der Waals surface area (Å²) in [5.74, 6) is -3.43. The smallest absolute Gasteiger partial charge is 0.550 e. The van der Waals surface area contributed by atoms with Crippen LogP contribution in [0.25, 0.3) is 0 Å². The molecule has 0 aliphatic heterocycles. The Morgan fingerprint density at radius 1 is 0.808 bits per heavy atom. The molecule has 0 N–H and O–H groups in total. The number of unbranched alkanes of at least 4 members (excludes halogenated alkanes) is 3. The van der Waals surface area contributed by atoms with Gasteiger partial charge in [0.25, 0.3) is 5.97 Å². The third-order valence-electron chi connectivity index (χ3n) is 3.09. The van der Waals surface area contributed by atoms with Gasteiger partial charge in [-0.1, -0.05) is 40.0 Å². The number of rotatable bonds is 15. The third-order valence-corrected chi connectivity index (χ3v) is 3.09. The Kier molecular flexibility index (Phi) is 24.6. The molecule has 0 heterocycles. The molecule has 0 saturated carbocycles. The number of aliphatic carboxylic acids is 2. The standard InChI is InChI=1S/C16H32O5.C2H4O2.Zr/c1-4-7-12-19-16(11-10-15(17)18,20-13-8-5-2)21-14-9-6-3;1-2(3)4;/h4-14H2,1-3H3,(H,17,18);1H3,(H,3,4);/q;;+2/p-2. The summed E-state index contributed by atoms with van der Waals surface area (Å²) in [6, 6.07) is 0. The average Bonchev–Trinajstić information content (AvgIpc) is 2.53. The van der Waals surface area contributed by atoms with Crippen LogP contribution in [-0.4, -0.2) is 37.7 Å². The third kappa shape index (κ3) is 21.7. The molecular weight excluding hydrogens is 419 g/mol. The summed E-state index contributed by atoms with van der Waals surface area (Å²) in [5, 5.41) is 19.6. The van der Waals surface area contributed by atoms with Crippen molar-refractivity contribution in [2.75, 3.05) is 19.8 Å². The molecule has 8 heteroatoms. The summed E-state index contributed by atoms with van der Waals surface area (Å²) < 4.78 is 17.3. The monoisotopic (exact) mass is 452 g/mol. The number of ether oxygens (including phenoxy) is 3. The zero-order valence-electron chi connectivity index (χ0n) is 16.6. The van der Waals surface area contributed by atoms with E-state index in [0.717, 1.165) is 45.4 Å². The quantitative estimate of drug-likeness (QED) is 0.272. The van der Waals surface area contributed by atoms with Crippen molar-refractivity contribution in [1.29, 1.82) is 0 Å². The first kappa shape index (κ1) is 30.4. The van der Waals surface area contributed by atoms with E-state index in [1.165, 1.54) is 0 Å². The van der Waals surface area contributed by atoms with Gasteiger partial charge in [-0.15, -0.1) is 0 Å². The van der Waals surface area contributed by atoms with Gasteiger partial charge in [0.15, 0.2) is 0 Å². The molecule has 0 saturated heterocycles. The molecule has 0 atom stereocenters. The number of carbonyl (C=O) groups is 2. The molecule has 0 rings (SSSR count). The fourth-order valence-corrected chi connectivity index (χ4v) is 1.71. The van der Waals surface area contributed by atoms with Gasteiger partial charge in [-0.3, -0.25) is 0 Å². The van der Waals surface area contributed by atoms with Crippen molar-refractivity contribution in [3.63, 3.8) is 0 Å². The fraction of sp³-hybridized carbons (Fsp3) is 0.889. The molecule has 0 fully saturated rings. The van der Waals surface area contributed by atoms with Crippen molar-refractivity contribution in [2.24, 2.45) is 0 Å². The predicted octanol–water partition coefficient (Wildman–Crippen LogP) is 1.37. The van der Waals surface area contributed by atoms with Crippen LogP contribution in [0.5, 0.6) is 0 Å². The van der Waals surface area contributed by atoms with E-state index in [1.807, 2.05) is 0 Å². The summed E-state index contributed by atoms with van der Waals surface area (Å²) in [5.41, 5.74) is 0. The summed E-state index contributed by atoms with van der Waals surface area (Å²) in [7, 11) is 0. The van der Waals surface area contributed by atoms with Crippen molar-refractivity contribution in [1.82, 2.24) is 0 Å². The molecular formula is C18H34O7Zr. The van der Waals surface area contributed by atoms with Crippen LogP contribution < -0.4 is 10.2 Å². The van der Waals surface area contributed by atoms with Crippen LogP contribution >= 0.6 is 0 Å². The molecule has 0 aromatic heterocycles. The molecule has 152 valence electrons. The van der Waals surface area contributed by atoms with E-state index < -0.39 is 17.9 Å². The maximum atomic E-state index is 10.8. The molecule has 7 nitrogen and oxygen atoms in total. The number of hydrogen-bond acceptors (Lipinski definition) is 7. The van der Waals surface area contributed by atoms with Crippen molar-refractivity contribution in [3.05, 3.63) is 0 Å². The largest absolute Gasteiger partial charge is 2.00 e. The fourth-order valence-electron chi connectivity index (χ4n) is 1.71. The molecule has 26 heavy (non-hydrogen) atoms. The van der Waals surface area contributed by atoms with E-state index >= 15 is 0 Å². The van der Waals surface area contributed by atoms with Gasteiger partial charge in [0.1, 0.15) is 0 Å². The van der Waals surface area contributed by atoms with Gasteiger partial charge in [-0.05, 0) is 32.6 Å². The Morgan fingerprint density at radius 3 is 1.35 bits per heavy atom. The van der Waals surface area contributed by atoms with Gasteiger partial charge < -0.3 is 34.0 Å². The number of hydrogen-bond donors (Lipinski definition) is 0. The molecule has 0 unspecified atom stereocenters. The van der Waals surface area contributed by atoms with E-state index in [4.69, 9.17) is 24.1 Å². The van der Waals surface area contributed by atoms with Crippen LogP contribution in [0.2, 0.25) is 0 Å². The Hall–Kier alpha value is -0.297. The second-order valence-electron chi connectivity index (χ2n) is 5.65. The first-order chi connectivity index (χ1) is 11.8. The molecule has 0 aliphatic rings. The minimum Gasteiger partial charge on any atom is -0.550 e. The summed E-state index contributed by atoms with van der Waals surface area (Å²) in [6.45, 7) is 8.69. The molecule has 0 spiro atoms. The minimum absolute atomic E-state index is 0. The zero-order valence-corrected chi connectivity index (χ0v) is 19.1. The average molecular weight is 454 g/mol. The summed E-state index contributed by atoms with van der Waals surface area (Å²) in [6.07, 6.45) is 5.70. The molecule has 0 amide bonds. The van der Waals surface area contributed by atoms with Crippen molar-refractivity contribution in [2.45, 2.75) is 85.0 Å². The molecule has 0 aliphatic carbocycles. The van der Waals surface area contributed by atoms with Crippen molar-refractivity contribution < 1.29 is 60.2 Å². The zero-order chi connectivity index (χ0) is 19.6. The number of carbonyl (C=O) groups excluding carboxylic acids is 2. The minimum atomic E-state index is -1.24. The van der Waals surface area contributed by atoms with E-state index in [1.54, 1.807) is 0 Å². The van der Waals surface area contributed by atoms with Gasteiger partial charge >= 0.3 is 26.2 Å². The van der Waals surface area contributed by atoms with Gasteiger partial charge in [-0.2, -0.15) is 0 Å². The van der Waals surface area contributed by atoms with Crippen LogP contribution in [0, 0.1) is 0 Å². The summed E-state index contributed by atoms with van der Waals surface area (Å²) >= 11 is 0. The maximum absolute atomic E-state index is 10.8. The molecule has 0 aromatic rings. The molecule has 0 bridgehead atoms.